The minimum Gasteiger partial charge on any atom is -0.369 e. The van der Waals surface area contributed by atoms with E-state index in [2.05, 4.69) is 17.1 Å². The lowest BCUT2D eigenvalue weighted by Gasteiger charge is -2.08. The second-order valence-electron chi connectivity index (χ2n) is 4.76. The zero-order valence-corrected chi connectivity index (χ0v) is 15.3. The summed E-state index contributed by atoms with van der Waals surface area (Å²) < 4.78 is 1.39. The maximum absolute atomic E-state index is 12.4. The lowest BCUT2D eigenvalue weighted by molar-refractivity contribution is -0.115. The van der Waals surface area contributed by atoms with Gasteiger partial charge in [0, 0.05) is 5.56 Å². The van der Waals surface area contributed by atoms with Gasteiger partial charge in [-0.2, -0.15) is 0 Å². The first-order chi connectivity index (χ1) is 11.0. The molecule has 0 radical (unpaired) electrons. The van der Waals surface area contributed by atoms with Gasteiger partial charge in [-0.15, -0.1) is 10.2 Å². The fraction of sp³-hybridized carbons (Fsp3) is 0.333. The molecule has 1 heterocycles. The van der Waals surface area contributed by atoms with Crippen molar-refractivity contribution in [1.82, 2.24) is 10.2 Å². The monoisotopic (exact) mass is 367 g/mol. The molecular formula is C15H17N3O2S3. The zero-order chi connectivity index (χ0) is 16.8. The average Bonchev–Trinajstić information content (AvgIpc) is 2.99. The summed E-state index contributed by atoms with van der Waals surface area (Å²) in [5.41, 5.74) is 7.01. The first kappa shape index (κ1) is 18.0. The third kappa shape index (κ3) is 5.33. The highest BCUT2D eigenvalue weighted by molar-refractivity contribution is 8.04. The van der Waals surface area contributed by atoms with Crippen molar-refractivity contribution in [2.45, 2.75) is 34.2 Å². The van der Waals surface area contributed by atoms with Gasteiger partial charge in [0.25, 0.3) is 0 Å². The molecule has 1 unspecified atom stereocenters. The molecule has 0 aliphatic rings. The normalized spacial score (nSPS) is 12.1. The van der Waals surface area contributed by atoms with Crippen molar-refractivity contribution in [3.63, 3.8) is 0 Å². The number of nitrogens with two attached hydrogens (primary N) is 1. The molecule has 1 atom stereocenters. The molecule has 0 spiro atoms. The Balaban J connectivity index is 1.96. The number of ketones is 1. The molecule has 0 saturated carbocycles. The lowest BCUT2D eigenvalue weighted by Crippen LogP contribution is -2.13. The van der Waals surface area contributed by atoms with Gasteiger partial charge in [0.2, 0.25) is 5.91 Å². The summed E-state index contributed by atoms with van der Waals surface area (Å²) in [4.78, 5) is 23.2. The smallest absolute Gasteiger partial charge is 0.227 e. The average molecular weight is 368 g/mol. The highest BCUT2D eigenvalue weighted by atomic mass is 32.2. The molecule has 1 amide bonds. The fourth-order valence-electron chi connectivity index (χ4n) is 1.78. The Kier molecular flexibility index (Phi) is 6.61. The van der Waals surface area contributed by atoms with Crippen molar-refractivity contribution in [1.29, 1.82) is 0 Å². The van der Waals surface area contributed by atoms with Crippen molar-refractivity contribution in [2.24, 2.45) is 5.73 Å². The predicted octanol–water partition coefficient (Wildman–Crippen LogP) is 3.04. The number of rotatable bonds is 8. The van der Waals surface area contributed by atoms with E-state index in [0.717, 1.165) is 6.42 Å². The van der Waals surface area contributed by atoms with Gasteiger partial charge in [0.1, 0.15) is 0 Å². The fourth-order valence-corrected chi connectivity index (χ4v) is 4.76. The Morgan fingerprint density at radius 3 is 2.48 bits per heavy atom. The molecule has 2 aromatic rings. The third-order valence-corrected chi connectivity index (χ3v) is 6.28. The van der Waals surface area contributed by atoms with Crippen LogP contribution in [0.5, 0.6) is 0 Å². The van der Waals surface area contributed by atoms with Crippen molar-refractivity contribution in [3.8, 4) is 0 Å². The number of carbonyl (C=O) groups excluding carboxylic acids is 2. The molecule has 122 valence electrons. The van der Waals surface area contributed by atoms with E-state index < -0.39 is 5.91 Å². The Labute approximate surface area is 147 Å². The molecular weight excluding hydrogens is 350 g/mol. The van der Waals surface area contributed by atoms with Crippen molar-refractivity contribution < 1.29 is 9.59 Å². The molecule has 23 heavy (non-hydrogen) atoms. The number of thioether (sulfide) groups is 2. The van der Waals surface area contributed by atoms with E-state index in [9.17, 15) is 9.59 Å². The van der Waals surface area contributed by atoms with Gasteiger partial charge >= 0.3 is 0 Å². The molecule has 5 nitrogen and oxygen atoms in total. The Morgan fingerprint density at radius 1 is 1.22 bits per heavy atom. The molecule has 0 aliphatic carbocycles. The van der Waals surface area contributed by atoms with Crippen molar-refractivity contribution in [2.75, 3.05) is 5.75 Å². The van der Waals surface area contributed by atoms with E-state index in [1.165, 1.54) is 40.4 Å². The van der Waals surface area contributed by atoms with Crippen LogP contribution >= 0.6 is 34.9 Å². The summed E-state index contributed by atoms with van der Waals surface area (Å²) in [5.74, 6) is -0.143. The predicted molar refractivity (Wildman–Crippen MR) is 95.3 cm³/mol. The molecule has 0 fully saturated rings. The van der Waals surface area contributed by atoms with Gasteiger partial charge in [0.15, 0.2) is 14.5 Å². The second kappa shape index (κ2) is 8.47. The minimum absolute atomic E-state index is 0.0687. The van der Waals surface area contributed by atoms with Crippen LogP contribution in [0, 0.1) is 0 Å². The Morgan fingerprint density at radius 2 is 1.87 bits per heavy atom. The largest absolute Gasteiger partial charge is 0.369 e. The van der Waals surface area contributed by atoms with Crippen LogP contribution in [0.1, 0.15) is 29.8 Å². The van der Waals surface area contributed by atoms with Crippen LogP contribution < -0.4 is 5.73 Å². The number of hydrogen-bond acceptors (Lipinski definition) is 7. The van der Waals surface area contributed by atoms with Crippen LogP contribution in [0.25, 0.3) is 0 Å². The number of carbonyl (C=O) groups is 2. The van der Waals surface area contributed by atoms with Gasteiger partial charge in [0.05, 0.1) is 11.0 Å². The maximum Gasteiger partial charge on any atom is 0.227 e. The number of nitrogens with zero attached hydrogens (tertiary/aromatic N) is 2. The van der Waals surface area contributed by atoms with Gasteiger partial charge in [-0.25, -0.2) is 0 Å². The molecule has 1 aromatic heterocycles. The quantitative estimate of drug-likeness (QED) is 0.570. The van der Waals surface area contributed by atoms with E-state index in [1.54, 1.807) is 0 Å². The SMILES string of the molecule is CCc1ccc(C(=O)C(C)Sc2nnc(SCC(N)=O)s2)cc1. The maximum atomic E-state index is 12.4. The zero-order valence-electron chi connectivity index (χ0n) is 12.8. The first-order valence-corrected chi connectivity index (χ1v) is 9.72. The molecule has 2 rings (SSSR count). The number of aryl methyl sites for hydroxylation is 1. The highest BCUT2D eigenvalue weighted by Gasteiger charge is 2.19. The van der Waals surface area contributed by atoms with Crippen LogP contribution in [0.2, 0.25) is 0 Å². The minimum atomic E-state index is -0.390. The topological polar surface area (TPSA) is 85.9 Å². The first-order valence-electron chi connectivity index (χ1n) is 7.04. The summed E-state index contributed by atoms with van der Waals surface area (Å²) in [5, 5.41) is 7.79. The van der Waals surface area contributed by atoms with Gasteiger partial charge in [-0.3, -0.25) is 9.59 Å². The van der Waals surface area contributed by atoms with Crippen LogP contribution in [-0.4, -0.2) is 32.9 Å². The number of Topliss-reactive ketones (excluding diaryl/α,β-unsaturated/α-hetero) is 1. The summed E-state index contributed by atoms with van der Waals surface area (Å²) in [6, 6.07) is 7.70. The Bertz CT molecular complexity index is 686. The summed E-state index contributed by atoms with van der Waals surface area (Å²) in [7, 11) is 0. The van der Waals surface area contributed by atoms with Crippen LogP contribution in [0.15, 0.2) is 32.9 Å². The van der Waals surface area contributed by atoms with E-state index in [1.807, 2.05) is 31.2 Å². The molecule has 0 aliphatic heterocycles. The highest BCUT2D eigenvalue weighted by Crippen LogP contribution is 2.32. The van der Waals surface area contributed by atoms with Crippen molar-refractivity contribution in [3.05, 3.63) is 35.4 Å². The van der Waals surface area contributed by atoms with Crippen molar-refractivity contribution >= 4 is 46.6 Å². The van der Waals surface area contributed by atoms with E-state index >= 15 is 0 Å². The molecule has 8 heteroatoms. The van der Waals surface area contributed by atoms with Gasteiger partial charge in [-0.05, 0) is 18.9 Å². The molecule has 2 N–H and O–H groups in total. The van der Waals surface area contributed by atoms with E-state index in [4.69, 9.17) is 5.73 Å². The second-order valence-corrected chi connectivity index (χ2v) is 8.55. The van der Waals surface area contributed by atoms with Crippen LogP contribution in [0.3, 0.4) is 0 Å². The standard InChI is InChI=1S/C15H17N3O2S3/c1-3-10-4-6-11(7-5-10)13(20)9(2)22-15-18-17-14(23-15)21-8-12(16)19/h4-7,9H,3,8H2,1-2H3,(H2,16,19). The van der Waals surface area contributed by atoms with Gasteiger partial charge in [-0.1, -0.05) is 66.0 Å². The summed E-state index contributed by atoms with van der Waals surface area (Å²) in [6.45, 7) is 3.94. The number of amides is 1. The van der Waals surface area contributed by atoms with Crippen LogP contribution in [0.4, 0.5) is 0 Å². The summed E-state index contributed by atoms with van der Waals surface area (Å²) >= 11 is 4.00. The molecule has 1 aromatic carbocycles. The Hall–Kier alpha value is -1.38. The van der Waals surface area contributed by atoms with E-state index in [0.29, 0.717) is 14.2 Å². The van der Waals surface area contributed by atoms with E-state index in [-0.39, 0.29) is 16.8 Å². The molecule has 0 saturated heterocycles. The van der Waals surface area contributed by atoms with Gasteiger partial charge < -0.3 is 5.73 Å². The number of benzene rings is 1. The molecule has 0 bridgehead atoms. The lowest BCUT2D eigenvalue weighted by atomic mass is 10.1. The number of primary amides is 1. The number of hydrogen-bond donors (Lipinski definition) is 1. The number of aromatic nitrogens is 2. The van der Waals surface area contributed by atoms with Crippen LogP contribution in [-0.2, 0) is 11.2 Å². The summed E-state index contributed by atoms with van der Waals surface area (Å²) in [6.07, 6.45) is 0.954. The third-order valence-electron chi connectivity index (χ3n) is 3.02.